The fourth-order valence-electron chi connectivity index (χ4n) is 1.40. The molecule has 0 bridgehead atoms. The Hall–Kier alpha value is -1.08. The van der Waals surface area contributed by atoms with E-state index in [0.29, 0.717) is 10.6 Å². The van der Waals surface area contributed by atoms with E-state index in [0.717, 1.165) is 12.0 Å². The smallest absolute Gasteiger partial charge is 0.161 e. The van der Waals surface area contributed by atoms with Crippen LogP contribution in [0.3, 0.4) is 0 Å². The van der Waals surface area contributed by atoms with Gasteiger partial charge in [0.15, 0.2) is 5.78 Å². The minimum Gasteiger partial charge on any atom is -0.294 e. The van der Waals surface area contributed by atoms with Gasteiger partial charge in [-0.15, -0.1) is 0 Å². The lowest BCUT2D eigenvalue weighted by molar-refractivity contribution is 0.101. The van der Waals surface area contributed by atoms with Crippen molar-refractivity contribution in [3.05, 3.63) is 39.9 Å². The molecule has 0 aliphatic heterocycles. The number of halogens is 1. The summed E-state index contributed by atoms with van der Waals surface area (Å²) in [7, 11) is 0. The molecule has 1 aromatic rings. The van der Waals surface area contributed by atoms with E-state index < -0.39 is 0 Å². The lowest BCUT2D eigenvalue weighted by Crippen LogP contribution is -1.97. The first-order chi connectivity index (χ1) is 7.06. The zero-order chi connectivity index (χ0) is 11.4. The number of ketones is 1. The molecular weight excluding hydrogens is 208 g/mol. The van der Waals surface area contributed by atoms with Crippen molar-refractivity contribution in [2.24, 2.45) is 0 Å². The first-order valence-electron chi connectivity index (χ1n) is 5.03. The minimum atomic E-state index is 0.00996. The largest absolute Gasteiger partial charge is 0.294 e. The van der Waals surface area contributed by atoms with Gasteiger partial charge in [-0.3, -0.25) is 4.79 Å². The number of carbonyl (C=O) groups excluding carboxylic acids is 1. The Morgan fingerprint density at radius 1 is 1.40 bits per heavy atom. The average molecular weight is 223 g/mol. The van der Waals surface area contributed by atoms with Crippen molar-refractivity contribution in [3.63, 3.8) is 0 Å². The molecule has 0 aliphatic rings. The van der Waals surface area contributed by atoms with E-state index in [1.54, 1.807) is 13.0 Å². The molecule has 0 atom stereocenters. The maximum Gasteiger partial charge on any atom is 0.161 e. The van der Waals surface area contributed by atoms with Gasteiger partial charge in [-0.05, 0) is 31.9 Å². The van der Waals surface area contributed by atoms with Crippen molar-refractivity contribution in [2.75, 3.05) is 0 Å². The van der Waals surface area contributed by atoms with Gasteiger partial charge in [-0.25, -0.2) is 0 Å². The molecule has 1 aromatic carbocycles. The van der Waals surface area contributed by atoms with E-state index in [2.05, 4.69) is 6.92 Å². The van der Waals surface area contributed by atoms with Gasteiger partial charge in [0.2, 0.25) is 0 Å². The molecule has 2 heteroatoms. The molecule has 15 heavy (non-hydrogen) atoms. The van der Waals surface area contributed by atoms with E-state index in [1.165, 1.54) is 5.57 Å². The van der Waals surface area contributed by atoms with Crippen LogP contribution in [0.15, 0.2) is 23.8 Å². The summed E-state index contributed by atoms with van der Waals surface area (Å²) in [6, 6.07) is 5.53. The van der Waals surface area contributed by atoms with Gasteiger partial charge in [-0.2, -0.15) is 0 Å². The maximum absolute atomic E-state index is 11.4. The van der Waals surface area contributed by atoms with E-state index in [-0.39, 0.29) is 5.78 Å². The summed E-state index contributed by atoms with van der Waals surface area (Å²) < 4.78 is 0. The molecule has 0 fully saturated rings. The molecule has 0 saturated heterocycles. The van der Waals surface area contributed by atoms with Crippen LogP contribution in [0.2, 0.25) is 5.02 Å². The number of allylic oxidation sites excluding steroid dienone is 1. The quantitative estimate of drug-likeness (QED) is 0.695. The molecule has 0 N–H and O–H groups in total. The zero-order valence-corrected chi connectivity index (χ0v) is 10.1. The Kier molecular flexibility index (Phi) is 4.10. The van der Waals surface area contributed by atoms with Crippen LogP contribution in [0.4, 0.5) is 0 Å². The van der Waals surface area contributed by atoms with Crippen LogP contribution in [0.5, 0.6) is 0 Å². The van der Waals surface area contributed by atoms with E-state index in [1.807, 2.05) is 25.1 Å². The van der Waals surface area contributed by atoms with Crippen LogP contribution in [-0.2, 0) is 0 Å². The molecule has 0 radical (unpaired) electrons. The highest BCUT2D eigenvalue weighted by atomic mass is 35.5. The first kappa shape index (κ1) is 12.0. The van der Waals surface area contributed by atoms with Crippen LogP contribution in [0.25, 0.3) is 6.08 Å². The summed E-state index contributed by atoms with van der Waals surface area (Å²) in [5, 5.41) is 0.528. The van der Waals surface area contributed by atoms with Crippen molar-refractivity contribution < 1.29 is 4.79 Å². The molecule has 0 aliphatic carbocycles. The summed E-state index contributed by atoms with van der Waals surface area (Å²) >= 11 is 6.00. The third-order valence-corrected chi connectivity index (χ3v) is 2.67. The van der Waals surface area contributed by atoms with Gasteiger partial charge >= 0.3 is 0 Å². The van der Waals surface area contributed by atoms with Crippen LogP contribution in [-0.4, -0.2) is 5.78 Å². The van der Waals surface area contributed by atoms with Crippen LogP contribution < -0.4 is 0 Å². The van der Waals surface area contributed by atoms with Gasteiger partial charge in [-0.1, -0.05) is 42.3 Å². The first-order valence-corrected chi connectivity index (χ1v) is 5.40. The van der Waals surface area contributed by atoms with Crippen molar-refractivity contribution in [1.29, 1.82) is 0 Å². The van der Waals surface area contributed by atoms with Crippen molar-refractivity contribution >= 4 is 23.5 Å². The van der Waals surface area contributed by atoms with E-state index in [4.69, 9.17) is 11.6 Å². The molecule has 0 spiro atoms. The molecule has 1 nitrogen and oxygen atoms in total. The van der Waals surface area contributed by atoms with Gasteiger partial charge in [0, 0.05) is 5.56 Å². The summed E-state index contributed by atoms with van der Waals surface area (Å²) in [6.45, 7) is 5.68. The number of carbonyl (C=O) groups is 1. The number of hydrogen-bond acceptors (Lipinski definition) is 1. The zero-order valence-electron chi connectivity index (χ0n) is 9.30. The highest BCUT2D eigenvalue weighted by molar-refractivity contribution is 6.34. The monoisotopic (exact) mass is 222 g/mol. The molecule has 0 heterocycles. The van der Waals surface area contributed by atoms with E-state index >= 15 is 0 Å². The fourth-order valence-corrected chi connectivity index (χ4v) is 1.71. The predicted molar refractivity (Wildman–Crippen MR) is 65.4 cm³/mol. The summed E-state index contributed by atoms with van der Waals surface area (Å²) in [5.41, 5.74) is 2.76. The second-order valence-corrected chi connectivity index (χ2v) is 4.01. The Balaban J connectivity index is 3.29. The summed E-state index contributed by atoms with van der Waals surface area (Å²) in [4.78, 5) is 11.4. The molecule has 0 saturated carbocycles. The minimum absolute atomic E-state index is 0.00996. The van der Waals surface area contributed by atoms with Crippen molar-refractivity contribution in [1.82, 2.24) is 0 Å². The van der Waals surface area contributed by atoms with Gasteiger partial charge in [0.25, 0.3) is 0 Å². The Morgan fingerprint density at radius 3 is 2.60 bits per heavy atom. The second-order valence-electron chi connectivity index (χ2n) is 3.60. The molecule has 80 valence electrons. The average Bonchev–Trinajstić information content (AvgIpc) is 2.17. The van der Waals surface area contributed by atoms with Crippen molar-refractivity contribution in [3.8, 4) is 0 Å². The molecule has 0 amide bonds. The van der Waals surface area contributed by atoms with Crippen LogP contribution in [0.1, 0.15) is 43.1 Å². The second kappa shape index (κ2) is 5.13. The third kappa shape index (κ3) is 2.93. The Bertz CT molecular complexity index is 405. The highest BCUT2D eigenvalue weighted by Gasteiger charge is 2.09. The fraction of sp³-hybridized carbons (Fsp3) is 0.308. The number of hydrogen-bond donors (Lipinski definition) is 0. The number of benzene rings is 1. The number of rotatable bonds is 3. The van der Waals surface area contributed by atoms with Crippen molar-refractivity contribution in [2.45, 2.75) is 27.2 Å². The third-order valence-electron chi connectivity index (χ3n) is 2.36. The summed E-state index contributed by atoms with van der Waals surface area (Å²) in [5.74, 6) is 0.00996. The highest BCUT2D eigenvalue weighted by Crippen LogP contribution is 2.23. The topological polar surface area (TPSA) is 17.1 Å². The molecule has 0 unspecified atom stereocenters. The predicted octanol–water partition coefficient (Wildman–Crippen LogP) is 4.36. The SMILES string of the molecule is CC/C(C)=C/c1cccc(Cl)c1C(C)=O. The van der Waals surface area contributed by atoms with Gasteiger partial charge < -0.3 is 0 Å². The summed E-state index contributed by atoms with van der Waals surface area (Å²) in [6.07, 6.45) is 2.99. The standard InChI is InChI=1S/C13H15ClO/c1-4-9(2)8-11-6-5-7-12(14)13(11)10(3)15/h5-8H,4H2,1-3H3/b9-8+. The van der Waals surface area contributed by atoms with Gasteiger partial charge in [0.1, 0.15) is 0 Å². The maximum atomic E-state index is 11.4. The molecule has 0 aromatic heterocycles. The Morgan fingerprint density at radius 2 is 2.07 bits per heavy atom. The van der Waals surface area contributed by atoms with Crippen LogP contribution in [0, 0.1) is 0 Å². The molecular formula is C13H15ClO. The lowest BCUT2D eigenvalue weighted by Gasteiger charge is -2.05. The molecule has 1 rings (SSSR count). The number of Topliss-reactive ketones (excluding diaryl/α,β-unsaturated/α-hetero) is 1. The van der Waals surface area contributed by atoms with E-state index in [9.17, 15) is 4.79 Å². The Labute approximate surface area is 95.8 Å². The normalized spacial score (nSPS) is 11.6. The van der Waals surface area contributed by atoms with Crippen LogP contribution >= 0.6 is 11.6 Å². The lowest BCUT2D eigenvalue weighted by atomic mass is 10.0. The van der Waals surface area contributed by atoms with Gasteiger partial charge in [0.05, 0.1) is 5.02 Å².